The molecule has 0 fully saturated rings. The molecule has 0 aromatic carbocycles. The molecule has 0 aliphatic heterocycles. The summed E-state index contributed by atoms with van der Waals surface area (Å²) in [5.74, 6) is 0.935. The van der Waals surface area contributed by atoms with Gasteiger partial charge in [-0.15, -0.1) is 6.58 Å². The second-order valence-electron chi connectivity index (χ2n) is 3.79. The first-order chi connectivity index (χ1) is 5.81. The molecule has 0 bridgehead atoms. The van der Waals surface area contributed by atoms with Crippen LogP contribution >= 0.6 is 0 Å². The second kappa shape index (κ2) is 8.83. The second-order valence-corrected chi connectivity index (χ2v) is 3.79. The van der Waals surface area contributed by atoms with Crippen LogP contribution in [-0.2, 0) is 0 Å². The van der Waals surface area contributed by atoms with Gasteiger partial charge in [-0.2, -0.15) is 0 Å². The zero-order valence-electron chi connectivity index (χ0n) is 8.81. The van der Waals surface area contributed by atoms with Gasteiger partial charge >= 0.3 is 0 Å². The smallest absolute Gasteiger partial charge is 0.0353 e. The van der Waals surface area contributed by atoms with Gasteiger partial charge in [0.2, 0.25) is 0 Å². The van der Waals surface area contributed by atoms with E-state index in [2.05, 4.69) is 20.4 Å². The molecular weight excluding hydrogens is 144 g/mol. The van der Waals surface area contributed by atoms with Gasteiger partial charge in [-0.3, -0.25) is 0 Å². The van der Waals surface area contributed by atoms with Crippen LogP contribution in [0.15, 0.2) is 12.7 Å². The third kappa shape index (κ3) is 7.84. The Bertz CT molecular complexity index is 94.2. The Balaban J connectivity index is 2.95. The third-order valence-corrected chi connectivity index (χ3v) is 2.55. The van der Waals surface area contributed by atoms with Crippen LogP contribution in [0.25, 0.3) is 0 Å². The van der Waals surface area contributed by atoms with Crippen LogP contribution in [0.2, 0.25) is 0 Å². The molecule has 0 N–H and O–H groups in total. The van der Waals surface area contributed by atoms with E-state index in [1.165, 1.54) is 44.9 Å². The van der Waals surface area contributed by atoms with Gasteiger partial charge in [-0.25, -0.2) is 0 Å². The maximum atomic E-state index is 3.72. The summed E-state index contributed by atoms with van der Waals surface area (Å²) in [6.45, 7) is 8.35. The molecule has 0 radical (unpaired) electrons. The average molecular weight is 168 g/mol. The molecule has 0 spiro atoms. The van der Waals surface area contributed by atoms with Gasteiger partial charge in [0.05, 0.1) is 0 Å². The van der Waals surface area contributed by atoms with E-state index in [0.29, 0.717) is 0 Å². The van der Waals surface area contributed by atoms with Crippen LogP contribution in [0.5, 0.6) is 0 Å². The summed E-state index contributed by atoms with van der Waals surface area (Å²) in [5.41, 5.74) is 0. The van der Waals surface area contributed by atoms with E-state index in [4.69, 9.17) is 0 Å². The summed E-state index contributed by atoms with van der Waals surface area (Å²) < 4.78 is 0. The average Bonchev–Trinajstić information content (AvgIpc) is 2.10. The molecule has 0 rings (SSSR count). The molecule has 0 heteroatoms. The monoisotopic (exact) mass is 168 g/mol. The van der Waals surface area contributed by atoms with Crippen molar-refractivity contribution in [3.63, 3.8) is 0 Å². The van der Waals surface area contributed by atoms with Crippen LogP contribution in [0.3, 0.4) is 0 Å². The van der Waals surface area contributed by atoms with Crippen LogP contribution in [0.4, 0.5) is 0 Å². The largest absolute Gasteiger partial charge is 0.103 e. The van der Waals surface area contributed by atoms with E-state index in [0.717, 1.165) is 5.92 Å². The fourth-order valence-electron chi connectivity index (χ4n) is 1.34. The topological polar surface area (TPSA) is 0 Å². The highest BCUT2D eigenvalue weighted by molar-refractivity contribution is 4.65. The molecule has 0 unspecified atom stereocenters. The lowest BCUT2D eigenvalue weighted by Crippen LogP contribution is -1.91. The minimum atomic E-state index is 0.935. The number of hydrogen-bond donors (Lipinski definition) is 0. The maximum Gasteiger partial charge on any atom is -0.0353 e. The molecule has 0 nitrogen and oxygen atoms in total. The Labute approximate surface area is 78.1 Å². The summed E-state index contributed by atoms with van der Waals surface area (Å²) in [6.07, 6.45) is 11.5. The fourth-order valence-corrected chi connectivity index (χ4v) is 1.34. The predicted molar refractivity (Wildman–Crippen MR) is 57.4 cm³/mol. The van der Waals surface area contributed by atoms with Crippen molar-refractivity contribution in [3.05, 3.63) is 12.7 Å². The van der Waals surface area contributed by atoms with Crippen molar-refractivity contribution in [1.29, 1.82) is 0 Å². The SMILES string of the molecule is C=CCCCCCC[C@@H](C)CC. The fraction of sp³-hybridized carbons (Fsp3) is 0.833. The highest BCUT2D eigenvalue weighted by atomic mass is 14.0. The van der Waals surface area contributed by atoms with Crippen LogP contribution in [0, 0.1) is 5.92 Å². The van der Waals surface area contributed by atoms with Gasteiger partial charge in [0.15, 0.2) is 0 Å². The number of allylic oxidation sites excluding steroid dienone is 1. The van der Waals surface area contributed by atoms with Crippen molar-refractivity contribution < 1.29 is 0 Å². The Morgan fingerprint density at radius 1 is 1.17 bits per heavy atom. The molecule has 0 amide bonds. The van der Waals surface area contributed by atoms with Crippen molar-refractivity contribution in [2.24, 2.45) is 5.92 Å². The summed E-state index contributed by atoms with van der Waals surface area (Å²) in [7, 11) is 0. The Kier molecular flexibility index (Phi) is 8.64. The standard InChI is InChI=1S/C12H24/c1-4-6-7-8-9-10-11-12(3)5-2/h4,12H,1,5-11H2,2-3H3/t12-/m0/s1. The lowest BCUT2D eigenvalue weighted by atomic mass is 10.0. The van der Waals surface area contributed by atoms with Crippen LogP contribution < -0.4 is 0 Å². The normalized spacial score (nSPS) is 12.8. The maximum absolute atomic E-state index is 3.72. The van der Waals surface area contributed by atoms with Crippen molar-refractivity contribution >= 4 is 0 Å². The summed E-state index contributed by atoms with van der Waals surface area (Å²) >= 11 is 0. The van der Waals surface area contributed by atoms with E-state index < -0.39 is 0 Å². The van der Waals surface area contributed by atoms with Gasteiger partial charge in [-0.05, 0) is 18.8 Å². The van der Waals surface area contributed by atoms with Crippen molar-refractivity contribution in [3.8, 4) is 0 Å². The Morgan fingerprint density at radius 3 is 2.42 bits per heavy atom. The molecule has 0 aliphatic carbocycles. The zero-order valence-corrected chi connectivity index (χ0v) is 8.81. The van der Waals surface area contributed by atoms with E-state index in [-0.39, 0.29) is 0 Å². The molecule has 0 aliphatic rings. The van der Waals surface area contributed by atoms with Crippen molar-refractivity contribution in [2.45, 2.75) is 58.8 Å². The van der Waals surface area contributed by atoms with E-state index in [1.54, 1.807) is 0 Å². The third-order valence-electron chi connectivity index (χ3n) is 2.55. The van der Waals surface area contributed by atoms with E-state index in [1.807, 2.05) is 6.08 Å². The lowest BCUT2D eigenvalue weighted by molar-refractivity contribution is 0.475. The zero-order chi connectivity index (χ0) is 9.23. The minimum Gasteiger partial charge on any atom is -0.103 e. The number of unbranched alkanes of at least 4 members (excludes halogenated alkanes) is 4. The summed E-state index contributed by atoms with van der Waals surface area (Å²) in [5, 5.41) is 0. The van der Waals surface area contributed by atoms with Gasteiger partial charge in [0, 0.05) is 0 Å². The van der Waals surface area contributed by atoms with E-state index >= 15 is 0 Å². The molecule has 0 saturated heterocycles. The van der Waals surface area contributed by atoms with Crippen molar-refractivity contribution in [1.82, 2.24) is 0 Å². The molecule has 0 saturated carbocycles. The molecular formula is C12H24. The molecule has 12 heavy (non-hydrogen) atoms. The number of rotatable bonds is 8. The van der Waals surface area contributed by atoms with Crippen LogP contribution in [0.1, 0.15) is 58.8 Å². The molecule has 0 aromatic rings. The number of hydrogen-bond acceptors (Lipinski definition) is 0. The van der Waals surface area contributed by atoms with Gasteiger partial charge in [-0.1, -0.05) is 52.0 Å². The summed E-state index contributed by atoms with van der Waals surface area (Å²) in [6, 6.07) is 0. The highest BCUT2D eigenvalue weighted by Crippen LogP contribution is 2.13. The Morgan fingerprint density at radius 2 is 1.83 bits per heavy atom. The molecule has 1 atom stereocenters. The summed E-state index contributed by atoms with van der Waals surface area (Å²) in [4.78, 5) is 0. The molecule has 72 valence electrons. The van der Waals surface area contributed by atoms with Crippen LogP contribution in [-0.4, -0.2) is 0 Å². The quantitative estimate of drug-likeness (QED) is 0.368. The molecule has 0 heterocycles. The van der Waals surface area contributed by atoms with Crippen molar-refractivity contribution in [2.75, 3.05) is 0 Å². The van der Waals surface area contributed by atoms with E-state index in [9.17, 15) is 0 Å². The van der Waals surface area contributed by atoms with Gasteiger partial charge in [0.25, 0.3) is 0 Å². The minimum absolute atomic E-state index is 0.935. The highest BCUT2D eigenvalue weighted by Gasteiger charge is 1.97. The first kappa shape index (κ1) is 11.7. The predicted octanol–water partition coefficient (Wildman–Crippen LogP) is 4.56. The Hall–Kier alpha value is -0.260. The van der Waals surface area contributed by atoms with Gasteiger partial charge in [0.1, 0.15) is 0 Å². The van der Waals surface area contributed by atoms with Gasteiger partial charge < -0.3 is 0 Å². The lowest BCUT2D eigenvalue weighted by Gasteiger charge is -2.06. The molecule has 0 aromatic heterocycles. The first-order valence-electron chi connectivity index (χ1n) is 5.42. The first-order valence-corrected chi connectivity index (χ1v) is 5.42.